The third kappa shape index (κ3) is 4.87. The van der Waals surface area contributed by atoms with Gasteiger partial charge in [-0.05, 0) is 72.3 Å². The Kier molecular flexibility index (Phi) is 6.93. The van der Waals surface area contributed by atoms with Crippen LogP contribution in [0, 0.1) is 0 Å². The number of carbonyl (C=O) groups is 2. The highest BCUT2D eigenvalue weighted by atomic mass is 16.5. The second-order valence-electron chi connectivity index (χ2n) is 8.74. The van der Waals surface area contributed by atoms with Crippen molar-refractivity contribution in [3.05, 3.63) is 114 Å². The Morgan fingerprint density at radius 2 is 1.41 bits per heavy atom. The zero-order valence-electron chi connectivity index (χ0n) is 21.2. The fourth-order valence-corrected chi connectivity index (χ4v) is 4.51. The van der Waals surface area contributed by atoms with E-state index < -0.39 is 17.7 Å². The molecule has 1 aliphatic heterocycles. The maximum Gasteiger partial charge on any atom is 0.300 e. The molecule has 0 aromatic heterocycles. The van der Waals surface area contributed by atoms with Crippen LogP contribution < -0.4 is 19.1 Å². The van der Waals surface area contributed by atoms with Crippen molar-refractivity contribution in [2.24, 2.45) is 0 Å². The molecule has 2 N–H and O–H groups in total. The monoisotopic (exact) mass is 523 g/mol. The first-order chi connectivity index (χ1) is 18.9. The van der Waals surface area contributed by atoms with Gasteiger partial charge in [-0.25, -0.2) is 0 Å². The lowest BCUT2D eigenvalue weighted by atomic mass is 9.95. The normalized spacial score (nSPS) is 16.3. The number of benzene rings is 4. The minimum absolute atomic E-state index is 0.0259. The van der Waals surface area contributed by atoms with Crippen molar-refractivity contribution in [3.63, 3.8) is 0 Å². The molecule has 1 aliphatic rings. The van der Waals surface area contributed by atoms with Crippen LogP contribution in [0.5, 0.6) is 28.7 Å². The molecule has 0 saturated carbocycles. The zero-order valence-corrected chi connectivity index (χ0v) is 21.2. The van der Waals surface area contributed by atoms with E-state index >= 15 is 0 Å². The number of para-hydroxylation sites is 1. The van der Waals surface area contributed by atoms with E-state index in [-0.39, 0.29) is 22.6 Å². The van der Waals surface area contributed by atoms with Crippen LogP contribution in [0.3, 0.4) is 0 Å². The number of ketones is 1. The summed E-state index contributed by atoms with van der Waals surface area (Å²) >= 11 is 0. The van der Waals surface area contributed by atoms with Gasteiger partial charge in [-0.2, -0.15) is 0 Å². The number of anilines is 1. The molecule has 0 aliphatic carbocycles. The van der Waals surface area contributed by atoms with Gasteiger partial charge in [0.25, 0.3) is 11.7 Å². The number of nitrogens with zero attached hydrogens (tertiary/aromatic N) is 1. The second-order valence-corrected chi connectivity index (χ2v) is 8.74. The first kappa shape index (κ1) is 25.4. The molecule has 8 heteroatoms. The summed E-state index contributed by atoms with van der Waals surface area (Å²) in [5, 5.41) is 21.2. The van der Waals surface area contributed by atoms with Gasteiger partial charge in [0.15, 0.2) is 11.5 Å². The Bertz CT molecular complexity index is 1540. The maximum absolute atomic E-state index is 13.4. The minimum atomic E-state index is -0.959. The van der Waals surface area contributed by atoms with Gasteiger partial charge >= 0.3 is 0 Å². The summed E-state index contributed by atoms with van der Waals surface area (Å²) in [6, 6.07) is 25.9. The van der Waals surface area contributed by atoms with E-state index in [1.807, 2.05) is 30.3 Å². The Morgan fingerprint density at radius 3 is 2.05 bits per heavy atom. The van der Waals surface area contributed by atoms with Gasteiger partial charge in [-0.15, -0.1) is 0 Å². The largest absolute Gasteiger partial charge is 0.508 e. The third-order valence-electron chi connectivity index (χ3n) is 6.40. The molecule has 1 amide bonds. The number of Topliss-reactive ketones (excluding diaryl/α,β-unsaturated/α-hetero) is 1. The molecule has 0 spiro atoms. The molecular formula is C31H25NO7. The molecule has 1 unspecified atom stereocenters. The van der Waals surface area contributed by atoms with Gasteiger partial charge in [-0.1, -0.05) is 30.3 Å². The van der Waals surface area contributed by atoms with Gasteiger partial charge < -0.3 is 24.4 Å². The van der Waals surface area contributed by atoms with Crippen molar-refractivity contribution in [1.82, 2.24) is 0 Å². The number of aliphatic hydroxyl groups is 1. The van der Waals surface area contributed by atoms with E-state index in [2.05, 4.69) is 0 Å². The quantitative estimate of drug-likeness (QED) is 0.178. The maximum atomic E-state index is 13.4. The molecule has 4 aromatic rings. The lowest BCUT2D eigenvalue weighted by Crippen LogP contribution is -2.29. The molecular weight excluding hydrogens is 498 g/mol. The first-order valence-electron chi connectivity index (χ1n) is 12.1. The number of ether oxygens (including phenoxy) is 3. The van der Waals surface area contributed by atoms with Crippen molar-refractivity contribution in [3.8, 4) is 28.7 Å². The molecule has 4 aromatic carbocycles. The number of phenolic OH excluding ortho intramolecular Hbond substituents is 1. The number of methoxy groups -OCH3 is 2. The summed E-state index contributed by atoms with van der Waals surface area (Å²) in [6.07, 6.45) is 0. The molecule has 39 heavy (non-hydrogen) atoms. The highest BCUT2D eigenvalue weighted by Gasteiger charge is 2.47. The average molecular weight is 524 g/mol. The predicted molar refractivity (Wildman–Crippen MR) is 145 cm³/mol. The summed E-state index contributed by atoms with van der Waals surface area (Å²) < 4.78 is 16.5. The van der Waals surface area contributed by atoms with Crippen molar-refractivity contribution in [1.29, 1.82) is 0 Å². The van der Waals surface area contributed by atoms with Crippen LogP contribution in [0.15, 0.2) is 103 Å². The fraction of sp³-hybridized carbons (Fsp3) is 0.0968. The summed E-state index contributed by atoms with van der Waals surface area (Å²) in [5.74, 6) is 0.0276. The summed E-state index contributed by atoms with van der Waals surface area (Å²) in [6.45, 7) is 0. The van der Waals surface area contributed by atoms with Crippen LogP contribution in [0.25, 0.3) is 5.76 Å². The highest BCUT2D eigenvalue weighted by molar-refractivity contribution is 6.51. The molecule has 1 saturated heterocycles. The number of hydrogen-bond donors (Lipinski definition) is 2. The molecule has 1 fully saturated rings. The van der Waals surface area contributed by atoms with Gasteiger partial charge in [0.1, 0.15) is 23.0 Å². The van der Waals surface area contributed by atoms with Crippen LogP contribution in [0.2, 0.25) is 0 Å². The van der Waals surface area contributed by atoms with E-state index in [4.69, 9.17) is 14.2 Å². The highest BCUT2D eigenvalue weighted by Crippen LogP contribution is 2.43. The van der Waals surface area contributed by atoms with Crippen molar-refractivity contribution >= 4 is 23.1 Å². The standard InChI is InChI=1S/C31H25NO7/c1-37-25-17-10-20(18-26(25)38-2)29(34)27-28(19-8-13-22(33)14-9-19)32(31(36)30(27)35)21-11-15-24(16-12-21)39-23-6-4-3-5-7-23/h3-18,28,33-34H,1-2H3/b29-27-. The van der Waals surface area contributed by atoms with Crippen LogP contribution in [-0.2, 0) is 9.59 Å². The van der Waals surface area contributed by atoms with Crippen molar-refractivity contribution < 1.29 is 34.0 Å². The van der Waals surface area contributed by atoms with Crippen LogP contribution in [0.4, 0.5) is 5.69 Å². The molecule has 1 atom stereocenters. The number of amides is 1. The van der Waals surface area contributed by atoms with Gasteiger partial charge in [-0.3, -0.25) is 14.5 Å². The smallest absolute Gasteiger partial charge is 0.300 e. The number of rotatable bonds is 7. The summed E-state index contributed by atoms with van der Waals surface area (Å²) in [7, 11) is 2.95. The van der Waals surface area contributed by atoms with E-state index in [1.165, 1.54) is 37.3 Å². The van der Waals surface area contributed by atoms with Gasteiger partial charge in [0.2, 0.25) is 0 Å². The Hall–Kier alpha value is -5.24. The van der Waals surface area contributed by atoms with E-state index in [0.717, 1.165) is 0 Å². The number of aliphatic hydroxyl groups excluding tert-OH is 1. The Balaban J connectivity index is 1.59. The van der Waals surface area contributed by atoms with Gasteiger partial charge in [0, 0.05) is 11.3 Å². The SMILES string of the molecule is COc1ccc(/C(O)=C2/C(=O)C(=O)N(c3ccc(Oc4ccccc4)cc3)C2c2ccc(O)cc2)cc1OC. The first-order valence-corrected chi connectivity index (χ1v) is 12.1. The average Bonchev–Trinajstić information content (AvgIpc) is 3.23. The van der Waals surface area contributed by atoms with E-state index in [0.29, 0.717) is 34.2 Å². The Labute approximate surface area is 224 Å². The zero-order chi connectivity index (χ0) is 27.5. The van der Waals surface area contributed by atoms with Crippen LogP contribution >= 0.6 is 0 Å². The second kappa shape index (κ2) is 10.6. The van der Waals surface area contributed by atoms with Crippen LogP contribution in [0.1, 0.15) is 17.2 Å². The number of carbonyl (C=O) groups excluding carboxylic acids is 2. The lowest BCUT2D eigenvalue weighted by Gasteiger charge is -2.25. The molecule has 0 radical (unpaired) electrons. The van der Waals surface area contributed by atoms with Crippen LogP contribution in [-0.4, -0.2) is 36.1 Å². The molecule has 196 valence electrons. The topological polar surface area (TPSA) is 106 Å². The van der Waals surface area contributed by atoms with E-state index in [1.54, 1.807) is 48.5 Å². The number of aromatic hydroxyl groups is 1. The van der Waals surface area contributed by atoms with Gasteiger partial charge in [0.05, 0.1) is 25.8 Å². The molecule has 1 heterocycles. The van der Waals surface area contributed by atoms with Crippen molar-refractivity contribution in [2.45, 2.75) is 6.04 Å². The third-order valence-corrected chi connectivity index (χ3v) is 6.40. The summed E-state index contributed by atoms with van der Waals surface area (Å²) in [4.78, 5) is 28.1. The molecule has 5 rings (SSSR count). The minimum Gasteiger partial charge on any atom is -0.508 e. The Morgan fingerprint density at radius 1 is 0.769 bits per heavy atom. The number of hydrogen-bond acceptors (Lipinski definition) is 7. The molecule has 8 nitrogen and oxygen atoms in total. The fourth-order valence-electron chi connectivity index (χ4n) is 4.51. The molecule has 0 bridgehead atoms. The lowest BCUT2D eigenvalue weighted by molar-refractivity contribution is -0.132. The van der Waals surface area contributed by atoms with Crippen molar-refractivity contribution in [2.75, 3.05) is 19.1 Å². The predicted octanol–water partition coefficient (Wildman–Crippen LogP) is 5.83. The van der Waals surface area contributed by atoms with E-state index in [9.17, 15) is 19.8 Å². The number of phenols is 1. The summed E-state index contributed by atoms with van der Waals surface area (Å²) in [5.41, 5.74) is 1.14.